The highest BCUT2D eigenvalue weighted by atomic mass is 79.9. The van der Waals surface area contributed by atoms with Gasteiger partial charge in [0.1, 0.15) is 5.82 Å². The third-order valence-electron chi connectivity index (χ3n) is 3.52. The van der Waals surface area contributed by atoms with Crippen LogP contribution in [0.1, 0.15) is 6.92 Å². The van der Waals surface area contributed by atoms with Gasteiger partial charge in [-0.3, -0.25) is 14.5 Å². The molecule has 0 saturated carbocycles. The Morgan fingerprint density at radius 3 is 2.68 bits per heavy atom. The molecule has 1 heterocycles. The highest BCUT2D eigenvalue weighted by Crippen LogP contribution is 2.15. The summed E-state index contributed by atoms with van der Waals surface area (Å²) in [6, 6.07) is 9.88. The number of pyridine rings is 1. The van der Waals surface area contributed by atoms with E-state index in [0.29, 0.717) is 16.5 Å². The van der Waals surface area contributed by atoms with Crippen LogP contribution in [0.5, 0.6) is 0 Å². The van der Waals surface area contributed by atoms with Crippen molar-refractivity contribution in [2.24, 2.45) is 0 Å². The van der Waals surface area contributed by atoms with Gasteiger partial charge in [0.15, 0.2) is 0 Å². The summed E-state index contributed by atoms with van der Waals surface area (Å²) in [5, 5.41) is 6.01. The molecule has 2 amide bonds. The van der Waals surface area contributed by atoms with Crippen LogP contribution in [0, 0.1) is 0 Å². The third kappa shape index (κ3) is 6.12. The van der Waals surface area contributed by atoms with Gasteiger partial charge in [-0.25, -0.2) is 4.98 Å². The maximum Gasteiger partial charge on any atom is 0.241 e. The number of nitrogens with zero attached hydrogens (tertiary/aromatic N) is 2. The summed E-state index contributed by atoms with van der Waals surface area (Å²) >= 11 is 9.18. The molecular formula is C17H18BrClN4O2. The number of aromatic nitrogens is 1. The van der Waals surface area contributed by atoms with E-state index in [2.05, 4.69) is 31.5 Å². The quantitative estimate of drug-likeness (QED) is 0.744. The fraction of sp³-hybridized carbons (Fsp3) is 0.235. The Morgan fingerprint density at radius 2 is 2.04 bits per heavy atom. The van der Waals surface area contributed by atoms with E-state index in [4.69, 9.17) is 11.6 Å². The van der Waals surface area contributed by atoms with Crippen molar-refractivity contribution < 1.29 is 9.59 Å². The number of likely N-dealkylation sites (N-methyl/N-ethyl adjacent to an activating group) is 1. The minimum Gasteiger partial charge on any atom is -0.325 e. The largest absolute Gasteiger partial charge is 0.325 e. The lowest BCUT2D eigenvalue weighted by atomic mass is 10.2. The number of nitrogens with one attached hydrogen (secondary N) is 2. The fourth-order valence-corrected chi connectivity index (χ4v) is 2.43. The van der Waals surface area contributed by atoms with E-state index >= 15 is 0 Å². The van der Waals surface area contributed by atoms with Crippen molar-refractivity contribution in [3.8, 4) is 0 Å². The number of halogens is 2. The number of carbonyl (C=O) groups excluding carboxylic acids is 2. The Bertz CT molecular complexity index is 755. The fourth-order valence-electron chi connectivity index (χ4n) is 2.01. The molecule has 2 aromatic rings. The normalized spacial score (nSPS) is 11.9. The molecule has 6 nitrogen and oxygen atoms in total. The SMILES string of the molecule is CC(C(=O)Nc1cccc(Cl)c1)N(C)CC(=O)Nc1ccc(Br)cn1. The summed E-state index contributed by atoms with van der Waals surface area (Å²) in [4.78, 5) is 30.1. The molecule has 2 N–H and O–H groups in total. The van der Waals surface area contributed by atoms with Crippen molar-refractivity contribution in [3.63, 3.8) is 0 Å². The van der Waals surface area contributed by atoms with Gasteiger partial charge < -0.3 is 10.6 Å². The highest BCUT2D eigenvalue weighted by molar-refractivity contribution is 9.10. The van der Waals surface area contributed by atoms with E-state index in [1.54, 1.807) is 61.5 Å². The van der Waals surface area contributed by atoms with Gasteiger partial charge in [-0.1, -0.05) is 17.7 Å². The van der Waals surface area contributed by atoms with E-state index in [0.717, 1.165) is 4.47 Å². The monoisotopic (exact) mass is 424 g/mol. The second-order valence-electron chi connectivity index (χ2n) is 5.50. The number of hydrogen-bond donors (Lipinski definition) is 2. The standard InChI is InChI=1S/C17H18BrClN4O2/c1-11(17(25)21-14-5-3-4-13(19)8-14)23(2)10-16(24)22-15-7-6-12(18)9-20-15/h3-9,11H,10H2,1-2H3,(H,21,25)(H,20,22,24). The molecule has 2 rings (SSSR count). The molecule has 0 fully saturated rings. The summed E-state index contributed by atoms with van der Waals surface area (Å²) < 4.78 is 0.828. The summed E-state index contributed by atoms with van der Waals surface area (Å²) in [7, 11) is 1.71. The second kappa shape index (κ2) is 8.94. The molecule has 1 unspecified atom stereocenters. The molecule has 0 saturated heterocycles. The summed E-state index contributed by atoms with van der Waals surface area (Å²) in [6.45, 7) is 1.78. The average molecular weight is 426 g/mol. The van der Waals surface area contributed by atoms with Gasteiger partial charge in [0.25, 0.3) is 0 Å². The zero-order chi connectivity index (χ0) is 18.4. The molecule has 0 radical (unpaired) electrons. The van der Waals surface area contributed by atoms with E-state index in [-0.39, 0.29) is 18.4 Å². The predicted octanol–water partition coefficient (Wildman–Crippen LogP) is 3.40. The molecule has 1 atom stereocenters. The molecule has 0 aliphatic rings. The lowest BCUT2D eigenvalue weighted by Crippen LogP contribution is -2.43. The molecule has 0 aliphatic carbocycles. The van der Waals surface area contributed by atoms with Gasteiger partial charge in [-0.2, -0.15) is 0 Å². The molecule has 0 bridgehead atoms. The van der Waals surface area contributed by atoms with Gasteiger partial charge in [0, 0.05) is 21.4 Å². The lowest BCUT2D eigenvalue weighted by molar-refractivity contribution is -0.122. The maximum atomic E-state index is 12.3. The topological polar surface area (TPSA) is 74.3 Å². The lowest BCUT2D eigenvalue weighted by Gasteiger charge is -2.23. The molecule has 0 spiro atoms. The zero-order valence-electron chi connectivity index (χ0n) is 13.8. The van der Waals surface area contributed by atoms with E-state index < -0.39 is 6.04 Å². The van der Waals surface area contributed by atoms with Gasteiger partial charge in [0.2, 0.25) is 11.8 Å². The number of rotatable bonds is 6. The third-order valence-corrected chi connectivity index (χ3v) is 4.22. The number of hydrogen-bond acceptors (Lipinski definition) is 4. The zero-order valence-corrected chi connectivity index (χ0v) is 16.1. The van der Waals surface area contributed by atoms with Gasteiger partial charge in [-0.15, -0.1) is 0 Å². The van der Waals surface area contributed by atoms with Gasteiger partial charge in [-0.05, 0) is 60.2 Å². The van der Waals surface area contributed by atoms with Crippen LogP contribution in [-0.2, 0) is 9.59 Å². The summed E-state index contributed by atoms with van der Waals surface area (Å²) in [5.74, 6) is -0.0170. The minimum absolute atomic E-state index is 0.0574. The first-order chi connectivity index (χ1) is 11.8. The van der Waals surface area contributed by atoms with Crippen molar-refractivity contribution in [3.05, 3.63) is 52.1 Å². The smallest absolute Gasteiger partial charge is 0.241 e. The minimum atomic E-state index is -0.498. The first-order valence-electron chi connectivity index (χ1n) is 7.53. The van der Waals surface area contributed by atoms with Crippen molar-refractivity contribution in [2.75, 3.05) is 24.2 Å². The number of carbonyl (C=O) groups is 2. The summed E-state index contributed by atoms with van der Waals surface area (Å²) in [5.41, 5.74) is 0.612. The van der Waals surface area contributed by atoms with Crippen LogP contribution in [0.2, 0.25) is 5.02 Å². The van der Waals surface area contributed by atoms with Crippen molar-refractivity contribution in [1.82, 2.24) is 9.88 Å². The van der Waals surface area contributed by atoms with Gasteiger partial charge in [0.05, 0.1) is 12.6 Å². The van der Waals surface area contributed by atoms with Crippen molar-refractivity contribution in [1.29, 1.82) is 0 Å². The number of amides is 2. The Labute approximate surface area is 159 Å². The molecule has 0 aliphatic heterocycles. The van der Waals surface area contributed by atoms with Crippen molar-refractivity contribution in [2.45, 2.75) is 13.0 Å². The van der Waals surface area contributed by atoms with Crippen LogP contribution in [0.4, 0.5) is 11.5 Å². The maximum absolute atomic E-state index is 12.3. The van der Waals surface area contributed by atoms with E-state index in [9.17, 15) is 9.59 Å². The number of anilines is 2. The van der Waals surface area contributed by atoms with Crippen LogP contribution in [0.25, 0.3) is 0 Å². The second-order valence-corrected chi connectivity index (χ2v) is 6.85. The van der Waals surface area contributed by atoms with Crippen LogP contribution in [0.3, 0.4) is 0 Å². The first kappa shape index (κ1) is 19.4. The van der Waals surface area contributed by atoms with E-state index in [1.807, 2.05) is 0 Å². The van der Waals surface area contributed by atoms with E-state index in [1.165, 1.54) is 0 Å². The Morgan fingerprint density at radius 1 is 1.28 bits per heavy atom. The highest BCUT2D eigenvalue weighted by Gasteiger charge is 2.20. The molecule has 132 valence electrons. The Hall–Kier alpha value is -1.96. The summed E-state index contributed by atoms with van der Waals surface area (Å²) in [6.07, 6.45) is 1.60. The Balaban J connectivity index is 1.88. The molecular weight excluding hydrogens is 408 g/mol. The first-order valence-corrected chi connectivity index (χ1v) is 8.70. The van der Waals surface area contributed by atoms with Crippen LogP contribution in [0.15, 0.2) is 47.1 Å². The molecule has 25 heavy (non-hydrogen) atoms. The van der Waals surface area contributed by atoms with Crippen molar-refractivity contribution >= 4 is 50.9 Å². The predicted molar refractivity (Wildman–Crippen MR) is 103 cm³/mol. The number of benzene rings is 1. The average Bonchev–Trinajstić information content (AvgIpc) is 2.56. The molecule has 1 aromatic carbocycles. The Kier molecular flexibility index (Phi) is 6.92. The van der Waals surface area contributed by atoms with Gasteiger partial charge >= 0.3 is 0 Å². The van der Waals surface area contributed by atoms with Crippen LogP contribution >= 0.6 is 27.5 Å². The molecule has 8 heteroatoms. The van der Waals surface area contributed by atoms with Crippen LogP contribution < -0.4 is 10.6 Å². The van der Waals surface area contributed by atoms with Crippen LogP contribution in [-0.4, -0.2) is 41.3 Å². The molecule has 1 aromatic heterocycles.